The summed E-state index contributed by atoms with van der Waals surface area (Å²) in [5, 5.41) is 19.7. The summed E-state index contributed by atoms with van der Waals surface area (Å²) in [7, 11) is 0. The lowest BCUT2D eigenvalue weighted by atomic mass is 9.83. The molecule has 0 fully saturated rings. The molecule has 1 aliphatic rings. The van der Waals surface area contributed by atoms with E-state index >= 15 is 0 Å². The molecule has 2 rings (SSSR count). The lowest BCUT2D eigenvalue weighted by Gasteiger charge is -2.23. The maximum atomic E-state index is 12.0. The molecule has 1 aromatic rings. The number of nitro benzene ring substituents is 1. The molecule has 116 valence electrons. The summed E-state index contributed by atoms with van der Waals surface area (Å²) in [6.45, 7) is -0.0383. The molecule has 0 saturated carbocycles. The van der Waals surface area contributed by atoms with Crippen molar-refractivity contribution in [3.8, 4) is 0 Å². The van der Waals surface area contributed by atoms with Gasteiger partial charge in [-0.25, -0.2) is 0 Å². The second-order valence-corrected chi connectivity index (χ2v) is 5.03. The van der Waals surface area contributed by atoms with E-state index in [1.54, 1.807) is 12.2 Å². The first-order valence-corrected chi connectivity index (χ1v) is 6.77. The number of nitrogens with zero attached hydrogens (tertiary/aromatic N) is 1. The van der Waals surface area contributed by atoms with Crippen LogP contribution in [0.5, 0.6) is 0 Å². The van der Waals surface area contributed by atoms with Gasteiger partial charge in [0.05, 0.1) is 16.8 Å². The maximum Gasteiger partial charge on any atom is 0.310 e. The summed E-state index contributed by atoms with van der Waals surface area (Å²) in [5.74, 6) is -3.04. The number of benzene rings is 1. The van der Waals surface area contributed by atoms with Crippen molar-refractivity contribution in [3.63, 3.8) is 0 Å². The first-order chi connectivity index (χ1) is 10.5. The summed E-state index contributed by atoms with van der Waals surface area (Å²) >= 11 is 0. The van der Waals surface area contributed by atoms with Crippen molar-refractivity contribution in [2.75, 3.05) is 0 Å². The van der Waals surface area contributed by atoms with Crippen LogP contribution in [0.15, 0.2) is 36.4 Å². The van der Waals surface area contributed by atoms with E-state index in [9.17, 15) is 19.7 Å². The Kier molecular flexibility index (Phi) is 4.88. The predicted octanol–water partition coefficient (Wildman–Crippen LogP) is 2.31. The molecule has 2 atom stereocenters. The Morgan fingerprint density at radius 1 is 1.18 bits per heavy atom. The molecule has 0 aliphatic heterocycles. The minimum atomic E-state index is -1.01. The molecule has 0 heterocycles. The molecular formula is C15H15NO6. The van der Waals surface area contributed by atoms with Crippen molar-refractivity contribution < 1.29 is 24.4 Å². The zero-order valence-corrected chi connectivity index (χ0v) is 11.7. The molecule has 1 aliphatic carbocycles. The quantitative estimate of drug-likeness (QED) is 0.387. The first kappa shape index (κ1) is 15.7. The number of hydrogen-bond acceptors (Lipinski definition) is 5. The van der Waals surface area contributed by atoms with E-state index in [0.29, 0.717) is 18.4 Å². The monoisotopic (exact) mass is 305 g/mol. The molecule has 7 heteroatoms. The number of ether oxygens (including phenoxy) is 1. The molecule has 0 radical (unpaired) electrons. The molecule has 0 aromatic heterocycles. The van der Waals surface area contributed by atoms with Gasteiger partial charge < -0.3 is 9.84 Å². The fourth-order valence-electron chi connectivity index (χ4n) is 2.32. The predicted molar refractivity (Wildman–Crippen MR) is 75.9 cm³/mol. The van der Waals surface area contributed by atoms with Gasteiger partial charge in [-0.15, -0.1) is 0 Å². The molecular weight excluding hydrogens is 290 g/mol. The van der Waals surface area contributed by atoms with Crippen molar-refractivity contribution in [1.82, 2.24) is 0 Å². The van der Waals surface area contributed by atoms with Crippen LogP contribution in [-0.4, -0.2) is 22.0 Å². The highest BCUT2D eigenvalue weighted by molar-refractivity contribution is 5.81. The molecule has 7 nitrogen and oxygen atoms in total. The Balaban J connectivity index is 1.95. The van der Waals surface area contributed by atoms with Gasteiger partial charge in [-0.1, -0.05) is 12.2 Å². The zero-order valence-electron chi connectivity index (χ0n) is 11.7. The molecule has 0 unspecified atom stereocenters. The summed E-state index contributed by atoms with van der Waals surface area (Å²) in [6, 6.07) is 5.65. The fraction of sp³-hybridized carbons (Fsp3) is 0.333. The Hall–Kier alpha value is -2.70. The third kappa shape index (κ3) is 3.69. The summed E-state index contributed by atoms with van der Waals surface area (Å²) in [4.78, 5) is 33.2. The summed E-state index contributed by atoms with van der Waals surface area (Å²) in [6.07, 6.45) is 4.18. The summed E-state index contributed by atoms with van der Waals surface area (Å²) in [5.41, 5.74) is 0.565. The van der Waals surface area contributed by atoms with Gasteiger partial charge in [-0.05, 0) is 30.5 Å². The number of non-ortho nitro benzene ring substituents is 1. The molecule has 0 bridgehead atoms. The van der Waals surface area contributed by atoms with Crippen LogP contribution < -0.4 is 0 Å². The average molecular weight is 305 g/mol. The van der Waals surface area contributed by atoms with Gasteiger partial charge in [-0.2, -0.15) is 0 Å². The van der Waals surface area contributed by atoms with Crippen molar-refractivity contribution in [3.05, 3.63) is 52.1 Å². The van der Waals surface area contributed by atoms with Crippen molar-refractivity contribution in [1.29, 1.82) is 0 Å². The number of carbonyl (C=O) groups excluding carboxylic acids is 1. The zero-order chi connectivity index (χ0) is 16.1. The van der Waals surface area contributed by atoms with Crippen LogP contribution in [0.3, 0.4) is 0 Å². The largest absolute Gasteiger partial charge is 0.481 e. The number of aliphatic carboxylic acids is 1. The van der Waals surface area contributed by atoms with Gasteiger partial charge >= 0.3 is 11.9 Å². The maximum absolute atomic E-state index is 12.0. The lowest BCUT2D eigenvalue weighted by Crippen LogP contribution is -2.32. The minimum absolute atomic E-state index is 0.0383. The van der Waals surface area contributed by atoms with E-state index in [1.807, 2.05) is 0 Å². The van der Waals surface area contributed by atoms with Crippen LogP contribution >= 0.6 is 0 Å². The van der Waals surface area contributed by atoms with E-state index < -0.39 is 28.7 Å². The van der Waals surface area contributed by atoms with E-state index in [2.05, 4.69) is 0 Å². The number of carbonyl (C=O) groups is 2. The summed E-state index contributed by atoms with van der Waals surface area (Å²) < 4.78 is 5.14. The Bertz CT molecular complexity index is 607. The molecule has 0 saturated heterocycles. The minimum Gasteiger partial charge on any atom is -0.481 e. The van der Waals surface area contributed by atoms with Gasteiger partial charge in [0.25, 0.3) is 5.69 Å². The van der Waals surface area contributed by atoms with Gasteiger partial charge in [-0.3, -0.25) is 19.7 Å². The first-order valence-electron chi connectivity index (χ1n) is 6.77. The average Bonchev–Trinajstić information content (AvgIpc) is 2.53. The van der Waals surface area contributed by atoms with E-state index in [4.69, 9.17) is 9.84 Å². The highest BCUT2D eigenvalue weighted by Crippen LogP contribution is 2.27. The lowest BCUT2D eigenvalue weighted by molar-refractivity contribution is -0.384. The van der Waals surface area contributed by atoms with E-state index in [1.165, 1.54) is 24.3 Å². The van der Waals surface area contributed by atoms with Crippen LogP contribution in [0.25, 0.3) is 0 Å². The van der Waals surface area contributed by atoms with E-state index in [-0.39, 0.29) is 12.3 Å². The van der Waals surface area contributed by atoms with Crippen LogP contribution in [0.4, 0.5) is 5.69 Å². The second-order valence-electron chi connectivity index (χ2n) is 5.03. The van der Waals surface area contributed by atoms with Crippen LogP contribution in [-0.2, 0) is 20.9 Å². The van der Waals surface area contributed by atoms with Gasteiger partial charge in [0.15, 0.2) is 0 Å². The highest BCUT2D eigenvalue weighted by Gasteiger charge is 2.35. The fourth-order valence-corrected chi connectivity index (χ4v) is 2.32. The molecule has 1 N–H and O–H groups in total. The van der Waals surface area contributed by atoms with Gasteiger partial charge in [0, 0.05) is 12.1 Å². The number of hydrogen-bond donors (Lipinski definition) is 1. The molecule has 1 aromatic carbocycles. The van der Waals surface area contributed by atoms with Gasteiger partial charge in [0.2, 0.25) is 0 Å². The van der Waals surface area contributed by atoms with Crippen molar-refractivity contribution in [2.45, 2.75) is 19.4 Å². The third-order valence-electron chi connectivity index (χ3n) is 3.58. The molecule has 22 heavy (non-hydrogen) atoms. The Morgan fingerprint density at radius 3 is 2.32 bits per heavy atom. The molecule has 0 amide bonds. The van der Waals surface area contributed by atoms with Crippen molar-refractivity contribution in [2.24, 2.45) is 11.8 Å². The van der Waals surface area contributed by atoms with Crippen LogP contribution in [0.2, 0.25) is 0 Å². The molecule has 0 spiro atoms. The standard InChI is InChI=1S/C15H15NO6/c17-14(18)12-3-1-2-4-13(12)15(19)22-9-10-5-7-11(8-6-10)16(20)21/h1-2,5-8,12-13H,3-4,9H2,(H,17,18)/t12-,13+/m0/s1. The number of nitro groups is 1. The normalized spacial score (nSPS) is 20.4. The SMILES string of the molecule is O=C(O)[C@H]1CC=CC[C@H]1C(=O)OCc1ccc([N+](=O)[O-])cc1. The third-order valence-corrected chi connectivity index (χ3v) is 3.58. The van der Waals surface area contributed by atoms with Gasteiger partial charge in [0.1, 0.15) is 6.61 Å². The highest BCUT2D eigenvalue weighted by atomic mass is 16.6. The number of allylic oxidation sites excluding steroid dienone is 2. The topological polar surface area (TPSA) is 107 Å². The number of carboxylic acid groups (broad SMARTS) is 1. The number of rotatable bonds is 5. The Morgan fingerprint density at radius 2 is 1.77 bits per heavy atom. The smallest absolute Gasteiger partial charge is 0.310 e. The van der Waals surface area contributed by atoms with E-state index in [0.717, 1.165) is 0 Å². The number of carboxylic acids is 1. The van der Waals surface area contributed by atoms with Crippen molar-refractivity contribution >= 4 is 17.6 Å². The van der Waals surface area contributed by atoms with Crippen LogP contribution in [0, 0.1) is 22.0 Å². The van der Waals surface area contributed by atoms with Crippen LogP contribution in [0.1, 0.15) is 18.4 Å². The Labute approximate surface area is 126 Å². The number of esters is 1. The second kappa shape index (κ2) is 6.84.